The van der Waals surface area contributed by atoms with Crippen LogP contribution >= 0.6 is 0 Å². The van der Waals surface area contributed by atoms with Crippen molar-refractivity contribution in [3.05, 3.63) is 39.9 Å². The van der Waals surface area contributed by atoms with E-state index in [1.54, 1.807) is 27.7 Å². The largest absolute Gasteiger partial charge is 0.481 e. The van der Waals surface area contributed by atoms with Gasteiger partial charge in [-0.2, -0.15) is 0 Å². The van der Waals surface area contributed by atoms with Crippen LogP contribution in [0.5, 0.6) is 0 Å². The average Bonchev–Trinajstić information content (AvgIpc) is 2.93. The molecular weight excluding hydrogens is 346 g/mol. The molecule has 0 unspecified atom stereocenters. The molecule has 7 nitrogen and oxygen atoms in total. The SMILES string of the molecule is O=C(O)[C@H]1CCCN(C(=O)c2ccc3c(=O)n4c(nc3c2)CCCCC4)C1. The number of carboxylic acids is 1. The third-order valence-corrected chi connectivity index (χ3v) is 5.62. The van der Waals surface area contributed by atoms with Gasteiger partial charge in [-0.15, -0.1) is 0 Å². The lowest BCUT2D eigenvalue weighted by Gasteiger charge is -2.30. The van der Waals surface area contributed by atoms with Crippen molar-refractivity contribution < 1.29 is 14.7 Å². The first-order chi connectivity index (χ1) is 13.0. The van der Waals surface area contributed by atoms with Crippen LogP contribution in [0.25, 0.3) is 10.9 Å². The number of hydrogen-bond donors (Lipinski definition) is 1. The van der Waals surface area contributed by atoms with Gasteiger partial charge in [0.25, 0.3) is 11.5 Å². The number of nitrogens with zero attached hydrogens (tertiary/aromatic N) is 3. The molecule has 4 rings (SSSR count). The van der Waals surface area contributed by atoms with Crippen molar-refractivity contribution in [2.24, 2.45) is 5.92 Å². The van der Waals surface area contributed by atoms with E-state index in [4.69, 9.17) is 0 Å². The number of piperidine rings is 1. The van der Waals surface area contributed by atoms with Crippen LogP contribution in [-0.4, -0.2) is 44.5 Å². The van der Waals surface area contributed by atoms with E-state index in [1.165, 1.54) is 0 Å². The first-order valence-electron chi connectivity index (χ1n) is 9.60. The fraction of sp³-hybridized carbons (Fsp3) is 0.500. The molecule has 2 aliphatic rings. The number of benzene rings is 1. The van der Waals surface area contributed by atoms with Crippen molar-refractivity contribution in [2.45, 2.75) is 45.1 Å². The molecule has 1 amide bonds. The number of carbonyl (C=O) groups excluding carboxylic acids is 1. The van der Waals surface area contributed by atoms with E-state index in [1.807, 2.05) is 0 Å². The molecule has 0 radical (unpaired) electrons. The zero-order valence-corrected chi connectivity index (χ0v) is 15.2. The van der Waals surface area contributed by atoms with Crippen molar-refractivity contribution in [1.82, 2.24) is 14.5 Å². The Kier molecular flexibility index (Phi) is 4.68. The summed E-state index contributed by atoms with van der Waals surface area (Å²) in [6.07, 6.45) is 5.14. The van der Waals surface area contributed by atoms with Gasteiger partial charge in [0.15, 0.2) is 0 Å². The molecule has 3 heterocycles. The maximum Gasteiger partial charge on any atom is 0.308 e. The number of likely N-dealkylation sites (tertiary alicyclic amines) is 1. The Morgan fingerprint density at radius 2 is 1.96 bits per heavy atom. The second-order valence-corrected chi connectivity index (χ2v) is 7.46. The van der Waals surface area contributed by atoms with Gasteiger partial charge in [0.1, 0.15) is 5.82 Å². The average molecular weight is 369 g/mol. The first-order valence-corrected chi connectivity index (χ1v) is 9.60. The van der Waals surface area contributed by atoms with Gasteiger partial charge in [-0.1, -0.05) is 6.42 Å². The standard InChI is InChI=1S/C20H23N3O4/c24-18(22-9-4-5-14(12-22)20(26)27)13-7-8-15-16(11-13)21-17-6-2-1-3-10-23(17)19(15)25/h7-8,11,14H,1-6,9-10,12H2,(H,26,27)/t14-/m0/s1. The van der Waals surface area contributed by atoms with Crippen molar-refractivity contribution in [3.63, 3.8) is 0 Å². The first kappa shape index (κ1) is 17.7. The lowest BCUT2D eigenvalue weighted by Crippen LogP contribution is -2.42. The summed E-state index contributed by atoms with van der Waals surface area (Å²) in [5.74, 6) is -0.775. The second-order valence-electron chi connectivity index (χ2n) is 7.46. The molecule has 0 spiro atoms. The maximum atomic E-state index is 12.9. The van der Waals surface area contributed by atoms with Crippen molar-refractivity contribution in [1.29, 1.82) is 0 Å². The number of rotatable bonds is 2. The number of aromatic nitrogens is 2. The summed E-state index contributed by atoms with van der Waals surface area (Å²) < 4.78 is 1.76. The van der Waals surface area contributed by atoms with E-state index in [2.05, 4.69) is 4.98 Å². The highest BCUT2D eigenvalue weighted by molar-refractivity contribution is 5.98. The Morgan fingerprint density at radius 1 is 1.11 bits per heavy atom. The summed E-state index contributed by atoms with van der Waals surface area (Å²) in [4.78, 5) is 43.2. The van der Waals surface area contributed by atoms with Crippen LogP contribution in [0.2, 0.25) is 0 Å². The topological polar surface area (TPSA) is 92.5 Å². The summed E-state index contributed by atoms with van der Waals surface area (Å²) in [7, 11) is 0. The summed E-state index contributed by atoms with van der Waals surface area (Å²) >= 11 is 0. The highest BCUT2D eigenvalue weighted by atomic mass is 16.4. The molecule has 1 aromatic heterocycles. The number of aryl methyl sites for hydroxylation is 1. The summed E-state index contributed by atoms with van der Waals surface area (Å²) in [6.45, 7) is 1.48. The molecule has 2 aromatic rings. The maximum absolute atomic E-state index is 12.9. The molecule has 27 heavy (non-hydrogen) atoms. The van der Waals surface area contributed by atoms with Gasteiger partial charge in [0.2, 0.25) is 0 Å². The predicted octanol–water partition coefficient (Wildman–Crippen LogP) is 2.06. The molecule has 1 fully saturated rings. The normalized spacial score (nSPS) is 20.1. The third kappa shape index (κ3) is 3.34. The Hall–Kier alpha value is -2.70. The minimum absolute atomic E-state index is 0.0418. The number of fused-ring (bicyclic) bond motifs is 2. The summed E-state index contributed by atoms with van der Waals surface area (Å²) in [5.41, 5.74) is 0.963. The van der Waals surface area contributed by atoms with E-state index in [-0.39, 0.29) is 18.0 Å². The number of amides is 1. The minimum atomic E-state index is -0.858. The minimum Gasteiger partial charge on any atom is -0.481 e. The van der Waals surface area contributed by atoms with Crippen LogP contribution in [0, 0.1) is 5.92 Å². The highest BCUT2D eigenvalue weighted by Crippen LogP contribution is 2.21. The van der Waals surface area contributed by atoms with E-state index in [9.17, 15) is 19.5 Å². The van der Waals surface area contributed by atoms with E-state index >= 15 is 0 Å². The molecular formula is C20H23N3O4. The number of aliphatic carboxylic acids is 1. The number of carboxylic acid groups (broad SMARTS) is 1. The second kappa shape index (κ2) is 7.13. The molecule has 0 bridgehead atoms. The number of hydrogen-bond acceptors (Lipinski definition) is 4. The molecule has 1 N–H and O–H groups in total. The molecule has 0 saturated carbocycles. The van der Waals surface area contributed by atoms with E-state index < -0.39 is 11.9 Å². The Labute approximate surface area is 156 Å². The molecule has 7 heteroatoms. The predicted molar refractivity (Wildman–Crippen MR) is 99.8 cm³/mol. The van der Waals surface area contributed by atoms with Gasteiger partial charge in [0, 0.05) is 31.6 Å². The van der Waals surface area contributed by atoms with Crippen molar-refractivity contribution in [2.75, 3.05) is 13.1 Å². The van der Waals surface area contributed by atoms with Crippen molar-refractivity contribution >= 4 is 22.8 Å². The lowest BCUT2D eigenvalue weighted by molar-refractivity contribution is -0.143. The summed E-state index contributed by atoms with van der Waals surface area (Å²) in [6, 6.07) is 5.01. The van der Waals surface area contributed by atoms with Crippen molar-refractivity contribution in [3.8, 4) is 0 Å². The third-order valence-electron chi connectivity index (χ3n) is 5.62. The molecule has 142 valence electrons. The Bertz CT molecular complexity index is 966. The van der Waals surface area contributed by atoms with Crippen LogP contribution in [0.1, 0.15) is 48.3 Å². The van der Waals surface area contributed by atoms with Gasteiger partial charge >= 0.3 is 5.97 Å². The zero-order chi connectivity index (χ0) is 19.0. The highest BCUT2D eigenvalue weighted by Gasteiger charge is 2.29. The van der Waals surface area contributed by atoms with E-state index in [0.717, 1.165) is 31.5 Å². The van der Waals surface area contributed by atoms with Gasteiger partial charge in [0.05, 0.1) is 16.8 Å². The fourth-order valence-corrected chi connectivity index (χ4v) is 4.10. The van der Waals surface area contributed by atoms with Crippen LogP contribution < -0.4 is 5.56 Å². The Balaban J connectivity index is 1.68. The lowest BCUT2D eigenvalue weighted by atomic mass is 9.97. The molecule has 2 aliphatic heterocycles. The quantitative estimate of drug-likeness (QED) is 0.875. The monoisotopic (exact) mass is 369 g/mol. The Morgan fingerprint density at radius 3 is 2.78 bits per heavy atom. The van der Waals surface area contributed by atoms with Gasteiger partial charge in [-0.25, -0.2) is 4.98 Å². The smallest absolute Gasteiger partial charge is 0.308 e. The van der Waals surface area contributed by atoms with Gasteiger partial charge in [-0.3, -0.25) is 19.0 Å². The molecule has 0 aliphatic carbocycles. The van der Waals surface area contributed by atoms with E-state index in [0.29, 0.717) is 42.4 Å². The molecule has 1 atom stereocenters. The van der Waals surface area contributed by atoms with Crippen LogP contribution in [0.15, 0.2) is 23.0 Å². The number of carbonyl (C=O) groups is 2. The summed E-state index contributed by atoms with van der Waals surface area (Å²) in [5, 5.41) is 9.76. The van der Waals surface area contributed by atoms with Gasteiger partial charge < -0.3 is 10.0 Å². The molecule has 1 aromatic carbocycles. The zero-order valence-electron chi connectivity index (χ0n) is 15.2. The van der Waals surface area contributed by atoms with Crippen LogP contribution in [-0.2, 0) is 17.8 Å². The molecule has 1 saturated heterocycles. The van der Waals surface area contributed by atoms with Crippen LogP contribution in [0.4, 0.5) is 0 Å². The fourth-order valence-electron chi connectivity index (χ4n) is 4.10. The van der Waals surface area contributed by atoms with Crippen LogP contribution in [0.3, 0.4) is 0 Å². The van der Waals surface area contributed by atoms with Gasteiger partial charge in [-0.05, 0) is 43.9 Å².